The number of amides is 1. The summed E-state index contributed by atoms with van der Waals surface area (Å²) in [4.78, 5) is 48.6. The first-order valence-electron chi connectivity index (χ1n) is 12.6. The van der Waals surface area contributed by atoms with Crippen molar-refractivity contribution < 1.29 is 46.6 Å². The molecule has 2 aromatic heterocycles. The van der Waals surface area contributed by atoms with Crippen LogP contribution in [0, 0.1) is 0 Å². The molecule has 1 amide bonds. The first-order chi connectivity index (χ1) is 20.4. The molecule has 0 radical (unpaired) electrons. The van der Waals surface area contributed by atoms with E-state index in [0.717, 1.165) is 6.34 Å². The van der Waals surface area contributed by atoms with E-state index in [-0.39, 0.29) is 29.2 Å². The lowest BCUT2D eigenvalue weighted by molar-refractivity contribution is -0.117. The van der Waals surface area contributed by atoms with E-state index < -0.39 is 81.0 Å². The number of hydrogen-bond donors (Lipinski definition) is 4. The molecule has 5 aliphatic rings. The zero-order chi connectivity index (χ0) is 30.3. The minimum Gasteiger partial charge on any atom is -0.388 e. The maximum absolute atomic E-state index is 16.0. The summed E-state index contributed by atoms with van der Waals surface area (Å²) in [5, 5.41) is 11.2. The van der Waals surface area contributed by atoms with Gasteiger partial charge in [-0.25, -0.2) is 28.9 Å². The summed E-state index contributed by atoms with van der Waals surface area (Å²) in [7, 11) is 0. The number of nitrogens with zero attached hydrogens (tertiary/aromatic N) is 8. The number of nitrogens with two attached hydrogens (primary N) is 1. The fourth-order valence-electron chi connectivity index (χ4n) is 5.58. The number of ether oxygens (including phenoxy) is 1. The second kappa shape index (κ2) is 10.7. The molecule has 3 unspecified atom stereocenters. The van der Waals surface area contributed by atoms with Gasteiger partial charge in [0.15, 0.2) is 29.9 Å². The van der Waals surface area contributed by atoms with Crippen LogP contribution in [0.4, 0.5) is 10.2 Å². The monoisotopic (exact) mass is 677 g/mol. The average molecular weight is 678 g/mol. The van der Waals surface area contributed by atoms with Crippen LogP contribution in [0.25, 0.3) is 11.2 Å². The van der Waals surface area contributed by atoms with Crippen molar-refractivity contribution in [2.45, 2.75) is 61.4 Å². The highest BCUT2D eigenvalue weighted by molar-refractivity contribution is 8.44. The Labute approximate surface area is 251 Å². The van der Waals surface area contributed by atoms with Crippen LogP contribution >= 0.6 is 25.8 Å². The second-order valence-electron chi connectivity index (χ2n) is 10.0. The molecule has 4 N–H and O–H groups in total. The largest absolute Gasteiger partial charge is 0.388 e. The average Bonchev–Trinajstić information content (AvgIpc) is 3.70. The number of hydrogen-bond acceptors (Lipinski definition) is 16. The third-order valence-electron chi connectivity index (χ3n) is 7.49. The molecule has 1 saturated carbocycles. The summed E-state index contributed by atoms with van der Waals surface area (Å²) in [5.74, 6) is -0.290. The number of aliphatic imine (C=N–C) groups is 3. The van der Waals surface area contributed by atoms with Gasteiger partial charge in [0, 0.05) is 6.42 Å². The number of thiol groups is 1. The molecule has 0 spiro atoms. The van der Waals surface area contributed by atoms with Crippen LogP contribution in [0.15, 0.2) is 27.6 Å². The zero-order valence-corrected chi connectivity index (χ0v) is 25.0. The summed E-state index contributed by atoms with van der Waals surface area (Å²) in [5.41, 5.74) is 6.21. The Balaban J connectivity index is 1.18. The van der Waals surface area contributed by atoms with Crippen LogP contribution in [0.2, 0.25) is 0 Å². The summed E-state index contributed by atoms with van der Waals surface area (Å²) >= 11 is 9.29. The van der Waals surface area contributed by atoms with Gasteiger partial charge in [-0.05, 0) is 11.8 Å². The van der Waals surface area contributed by atoms with Crippen LogP contribution < -0.4 is 5.73 Å². The highest BCUT2D eigenvalue weighted by atomic mass is 32.7. The summed E-state index contributed by atoms with van der Waals surface area (Å²) < 4.78 is 59.2. The fourth-order valence-corrected chi connectivity index (χ4v) is 8.89. The van der Waals surface area contributed by atoms with Crippen LogP contribution in [0.3, 0.4) is 0 Å². The van der Waals surface area contributed by atoms with Gasteiger partial charge in [-0.2, -0.15) is 4.99 Å². The van der Waals surface area contributed by atoms with E-state index in [0.29, 0.717) is 0 Å². The molecule has 2 aromatic rings. The maximum atomic E-state index is 16.0. The quantitative estimate of drug-likeness (QED) is 0.240. The smallest absolute Gasteiger partial charge is 0.386 e. The lowest BCUT2D eigenvalue weighted by Crippen LogP contribution is -2.48. The molecular formula is C20H22FN9O9P2S2. The lowest BCUT2D eigenvalue weighted by Gasteiger charge is -2.33. The first kappa shape index (κ1) is 29.4. The molecule has 23 heteroatoms. The van der Waals surface area contributed by atoms with E-state index >= 15 is 4.39 Å². The standard InChI is InChI=1S/C20H22FN9O9P2S2/c21-10-15-9(36-20(10)30-6-27-11-16(22)23-3-24-17(11)30)2-35-40(33,42)38-14-7(1-8(13(14)31)37-41(34,43)39-15)29-5-28-12-18(29)25-4-26-19(12)32/h3-10,12-15,20,31H,1-2H2,(H,33,42)(H,34,43)(H2,22,23,24)/t7-,8+,9-,10-,12?,13-,14+,15-,20-,40?,41?/m1/s1. The number of aliphatic hydroxyl groups is 1. The molecule has 3 fully saturated rings. The third-order valence-corrected chi connectivity index (χ3v) is 10.7. The van der Waals surface area contributed by atoms with E-state index in [2.05, 4.69) is 42.2 Å². The summed E-state index contributed by atoms with van der Waals surface area (Å²) in [6.45, 7) is -9.16. The molecular weight excluding hydrogens is 655 g/mol. The van der Waals surface area contributed by atoms with Gasteiger partial charge in [-0.15, -0.1) is 0 Å². The zero-order valence-electron chi connectivity index (χ0n) is 21.5. The summed E-state index contributed by atoms with van der Waals surface area (Å²) in [6, 6.07) is -1.88. The number of aromatic nitrogens is 4. The Morgan fingerprint density at radius 1 is 1.19 bits per heavy atom. The third kappa shape index (κ3) is 5.15. The van der Waals surface area contributed by atoms with Crippen molar-refractivity contribution in [1.82, 2.24) is 24.4 Å². The number of fused-ring (bicyclic) bond motifs is 5. The Bertz CT molecular complexity index is 1680. The number of aliphatic hydroxyl groups excluding tert-OH is 1. The van der Waals surface area contributed by atoms with Gasteiger partial charge in [-0.1, -0.05) is 12.2 Å². The highest BCUT2D eigenvalue weighted by Gasteiger charge is 2.56. The molecule has 4 aliphatic heterocycles. The number of carbonyl (C=O) groups is 1. The normalized spacial score (nSPS) is 42.9. The lowest BCUT2D eigenvalue weighted by atomic mass is 10.1. The SMILES string of the molecule is Nc1ncnc2c1ncn2[C@@H]1O[C@@H]2COP(O)(=S)O[C@@H]3[C@H](O)[C@H](C[C@H]3N3C=NC4C(=O)N=CN=C43)OP(=O)(S)O[C@H]2[C@H]1F. The molecule has 11 atom stereocenters. The fraction of sp³-hybridized carbons (Fsp3) is 0.550. The minimum atomic E-state index is -4.42. The first-order valence-corrected chi connectivity index (χ1v) is 17.9. The van der Waals surface area contributed by atoms with Crippen molar-refractivity contribution in [2.75, 3.05) is 12.3 Å². The molecule has 230 valence electrons. The predicted molar refractivity (Wildman–Crippen MR) is 152 cm³/mol. The van der Waals surface area contributed by atoms with Gasteiger partial charge in [-0.3, -0.25) is 23.4 Å². The van der Waals surface area contributed by atoms with Crippen molar-refractivity contribution in [3.63, 3.8) is 0 Å². The maximum Gasteiger partial charge on any atom is 0.386 e. The van der Waals surface area contributed by atoms with Gasteiger partial charge in [0.25, 0.3) is 5.91 Å². The van der Waals surface area contributed by atoms with Crippen molar-refractivity contribution >= 4 is 79.0 Å². The van der Waals surface area contributed by atoms with Crippen LogP contribution in [0.1, 0.15) is 12.6 Å². The molecule has 7 rings (SSSR count). The van der Waals surface area contributed by atoms with Crippen LogP contribution in [-0.4, -0.2) is 114 Å². The van der Waals surface area contributed by atoms with E-state index in [4.69, 9.17) is 40.4 Å². The number of nitrogen functional groups attached to an aromatic ring is 1. The Kier molecular flexibility index (Phi) is 7.29. The van der Waals surface area contributed by atoms with Gasteiger partial charge >= 0.3 is 13.5 Å². The van der Waals surface area contributed by atoms with Gasteiger partial charge in [0.05, 0.1) is 31.4 Å². The molecule has 6 heterocycles. The predicted octanol–water partition coefficient (Wildman–Crippen LogP) is -0.103. The van der Waals surface area contributed by atoms with E-state index in [1.54, 1.807) is 0 Å². The number of anilines is 1. The number of carbonyl (C=O) groups excluding carboxylic acids is 1. The number of amidine groups is 1. The molecule has 2 bridgehead atoms. The molecule has 1 aliphatic carbocycles. The molecule has 0 aromatic carbocycles. The number of halogens is 1. The Morgan fingerprint density at radius 2 is 2.00 bits per heavy atom. The van der Waals surface area contributed by atoms with Crippen molar-refractivity contribution in [3.05, 3.63) is 12.7 Å². The van der Waals surface area contributed by atoms with Gasteiger partial charge in [0.2, 0.25) is 0 Å². The van der Waals surface area contributed by atoms with Crippen LogP contribution in [-0.2, 0) is 44.0 Å². The number of alkyl halides is 1. The highest BCUT2D eigenvalue weighted by Crippen LogP contribution is 2.60. The van der Waals surface area contributed by atoms with Crippen LogP contribution in [0.5, 0.6) is 0 Å². The number of rotatable bonds is 2. The molecule has 2 saturated heterocycles. The van der Waals surface area contributed by atoms with Gasteiger partial charge < -0.3 is 34.4 Å². The molecule has 18 nitrogen and oxygen atoms in total. The van der Waals surface area contributed by atoms with E-state index in [9.17, 15) is 19.4 Å². The topological polar surface area (TPSA) is 231 Å². The van der Waals surface area contributed by atoms with Crippen molar-refractivity contribution in [1.29, 1.82) is 0 Å². The van der Waals surface area contributed by atoms with Crippen molar-refractivity contribution in [2.24, 2.45) is 15.0 Å². The van der Waals surface area contributed by atoms with Gasteiger partial charge in [0.1, 0.15) is 48.4 Å². The Morgan fingerprint density at radius 3 is 2.81 bits per heavy atom. The Hall–Kier alpha value is -2.29. The second-order valence-corrected chi connectivity index (χ2v) is 15.7. The molecule has 43 heavy (non-hydrogen) atoms. The van der Waals surface area contributed by atoms with E-state index in [1.165, 1.54) is 28.5 Å². The van der Waals surface area contributed by atoms with E-state index in [1.807, 2.05) is 0 Å². The number of imidazole rings is 1. The summed E-state index contributed by atoms with van der Waals surface area (Å²) in [6.07, 6.45) is -5.79. The van der Waals surface area contributed by atoms with Crippen molar-refractivity contribution in [3.8, 4) is 0 Å². The minimum absolute atomic E-state index is 0.0625.